The monoisotopic (exact) mass is 167 g/mol. The number of ketones is 3. The quantitative estimate of drug-likeness (QED) is 0.565. The van der Waals surface area contributed by atoms with Crippen LogP contribution in [0.5, 0.6) is 0 Å². The normalized spacial score (nSPS) is 10.2. The summed E-state index contributed by atoms with van der Waals surface area (Å²) in [5, 5.41) is 8.58. The van der Waals surface area contributed by atoms with Crippen LogP contribution in [-0.2, 0) is 14.4 Å². The Morgan fingerprint density at radius 3 is 1.25 bits per heavy atom. The highest BCUT2D eigenvalue weighted by Gasteiger charge is 2.45. The Bertz CT molecular complexity index is 249. The molecule has 0 aromatic heterocycles. The van der Waals surface area contributed by atoms with Gasteiger partial charge in [-0.3, -0.25) is 14.4 Å². The standard InChI is InChI=1S/C8H9NO3/c1-5(10)8(4-9,6(2)11)7(3)12/h1-3H3. The van der Waals surface area contributed by atoms with Crippen LogP contribution in [0.4, 0.5) is 0 Å². The fourth-order valence-electron chi connectivity index (χ4n) is 0.980. The van der Waals surface area contributed by atoms with E-state index in [0.29, 0.717) is 0 Å². The summed E-state index contributed by atoms with van der Waals surface area (Å²) >= 11 is 0. The van der Waals surface area contributed by atoms with Gasteiger partial charge in [0.2, 0.25) is 5.41 Å². The van der Waals surface area contributed by atoms with Crippen molar-refractivity contribution < 1.29 is 14.4 Å². The molecule has 0 atom stereocenters. The molecule has 0 amide bonds. The van der Waals surface area contributed by atoms with Crippen molar-refractivity contribution >= 4 is 17.3 Å². The Morgan fingerprint density at radius 2 is 1.25 bits per heavy atom. The van der Waals surface area contributed by atoms with Gasteiger partial charge >= 0.3 is 0 Å². The number of nitrogens with zero attached hydrogens (tertiary/aromatic N) is 1. The molecular formula is C8H9NO3. The number of rotatable bonds is 3. The molecule has 0 aliphatic rings. The molecule has 64 valence electrons. The van der Waals surface area contributed by atoms with E-state index in [1.54, 1.807) is 0 Å². The minimum atomic E-state index is -2.07. The molecule has 0 spiro atoms. The largest absolute Gasteiger partial charge is 0.297 e. The first-order valence-electron chi connectivity index (χ1n) is 3.34. The van der Waals surface area contributed by atoms with Gasteiger partial charge in [0.1, 0.15) is 0 Å². The molecule has 0 aromatic rings. The number of hydrogen-bond acceptors (Lipinski definition) is 4. The van der Waals surface area contributed by atoms with Gasteiger partial charge in [0.05, 0.1) is 6.07 Å². The average molecular weight is 167 g/mol. The Labute approximate surface area is 70.2 Å². The minimum absolute atomic E-state index is 0.718. The molecule has 0 bridgehead atoms. The molecule has 4 heteroatoms. The van der Waals surface area contributed by atoms with Crippen molar-refractivity contribution in [2.24, 2.45) is 5.41 Å². The van der Waals surface area contributed by atoms with Gasteiger partial charge in [-0.1, -0.05) is 0 Å². The van der Waals surface area contributed by atoms with Crippen LogP contribution in [0, 0.1) is 16.7 Å². The summed E-state index contributed by atoms with van der Waals surface area (Å²) in [6, 6.07) is 1.47. The van der Waals surface area contributed by atoms with Crippen LogP contribution in [0.25, 0.3) is 0 Å². The molecule has 0 aliphatic heterocycles. The Kier molecular flexibility index (Phi) is 2.86. The van der Waals surface area contributed by atoms with Crippen LogP contribution in [0.15, 0.2) is 0 Å². The minimum Gasteiger partial charge on any atom is -0.297 e. The van der Waals surface area contributed by atoms with E-state index in [1.165, 1.54) is 6.07 Å². The SMILES string of the molecule is CC(=O)C(C#N)(C(C)=O)C(C)=O. The third-order valence-electron chi connectivity index (χ3n) is 1.75. The second kappa shape index (κ2) is 3.26. The highest BCUT2D eigenvalue weighted by Crippen LogP contribution is 2.20. The molecule has 12 heavy (non-hydrogen) atoms. The Hall–Kier alpha value is -1.50. The van der Waals surface area contributed by atoms with Crippen molar-refractivity contribution in [3.05, 3.63) is 0 Å². The van der Waals surface area contributed by atoms with Crippen LogP contribution in [0.1, 0.15) is 20.8 Å². The molecule has 0 saturated carbocycles. The van der Waals surface area contributed by atoms with Gasteiger partial charge in [-0.15, -0.1) is 0 Å². The van der Waals surface area contributed by atoms with Crippen LogP contribution >= 0.6 is 0 Å². The maximum atomic E-state index is 10.9. The zero-order chi connectivity index (χ0) is 9.94. The van der Waals surface area contributed by atoms with Crippen LogP contribution in [0.3, 0.4) is 0 Å². The third-order valence-corrected chi connectivity index (χ3v) is 1.75. The molecule has 4 nitrogen and oxygen atoms in total. The Balaban J connectivity index is 5.39. The predicted octanol–water partition coefficient (Wildman–Crippen LogP) is 0.263. The summed E-state index contributed by atoms with van der Waals surface area (Å²) in [7, 11) is 0. The lowest BCUT2D eigenvalue weighted by atomic mass is 9.78. The highest BCUT2D eigenvalue weighted by molar-refractivity contribution is 6.25. The van der Waals surface area contributed by atoms with E-state index < -0.39 is 22.8 Å². The summed E-state index contributed by atoms with van der Waals surface area (Å²) < 4.78 is 0. The van der Waals surface area contributed by atoms with Crippen molar-refractivity contribution in [1.29, 1.82) is 5.26 Å². The molecule has 0 aromatic carbocycles. The van der Waals surface area contributed by atoms with E-state index in [-0.39, 0.29) is 0 Å². The van der Waals surface area contributed by atoms with E-state index in [9.17, 15) is 14.4 Å². The molecule has 0 N–H and O–H groups in total. The lowest BCUT2D eigenvalue weighted by Crippen LogP contribution is -2.41. The molecular weight excluding hydrogens is 158 g/mol. The van der Waals surface area contributed by atoms with E-state index in [1.807, 2.05) is 0 Å². The highest BCUT2D eigenvalue weighted by atomic mass is 16.2. The van der Waals surface area contributed by atoms with Gasteiger partial charge in [-0.2, -0.15) is 5.26 Å². The summed E-state index contributed by atoms with van der Waals surface area (Å²) in [5.41, 5.74) is -2.07. The van der Waals surface area contributed by atoms with Gasteiger partial charge in [-0.25, -0.2) is 0 Å². The van der Waals surface area contributed by atoms with Crippen molar-refractivity contribution in [1.82, 2.24) is 0 Å². The number of nitriles is 1. The van der Waals surface area contributed by atoms with Crippen molar-refractivity contribution in [2.45, 2.75) is 20.8 Å². The molecule has 0 saturated heterocycles. The summed E-state index contributed by atoms with van der Waals surface area (Å²) in [6.07, 6.45) is 0. The van der Waals surface area contributed by atoms with Crippen molar-refractivity contribution in [2.75, 3.05) is 0 Å². The summed E-state index contributed by atoms with van der Waals surface area (Å²) in [4.78, 5) is 32.7. The smallest absolute Gasteiger partial charge is 0.230 e. The predicted molar refractivity (Wildman–Crippen MR) is 40.1 cm³/mol. The number of carbonyl (C=O) groups is 3. The molecule has 0 rings (SSSR count). The zero-order valence-corrected chi connectivity index (χ0v) is 7.17. The van der Waals surface area contributed by atoms with E-state index in [4.69, 9.17) is 5.26 Å². The maximum absolute atomic E-state index is 10.9. The Morgan fingerprint density at radius 1 is 1.00 bits per heavy atom. The van der Waals surface area contributed by atoms with Gasteiger partial charge in [0, 0.05) is 0 Å². The van der Waals surface area contributed by atoms with Gasteiger partial charge in [0.15, 0.2) is 17.3 Å². The van der Waals surface area contributed by atoms with E-state index in [2.05, 4.69) is 0 Å². The van der Waals surface area contributed by atoms with Crippen LogP contribution < -0.4 is 0 Å². The lowest BCUT2D eigenvalue weighted by Gasteiger charge is -2.15. The van der Waals surface area contributed by atoms with Gasteiger partial charge in [-0.05, 0) is 20.8 Å². The second-order valence-corrected chi connectivity index (χ2v) is 2.53. The third kappa shape index (κ3) is 1.26. The molecule has 0 fully saturated rings. The van der Waals surface area contributed by atoms with Gasteiger partial charge < -0.3 is 0 Å². The first-order chi connectivity index (χ1) is 5.39. The van der Waals surface area contributed by atoms with Crippen LogP contribution in [0.2, 0.25) is 0 Å². The average Bonchev–Trinajstić information content (AvgIpc) is 1.86. The number of hydrogen-bond donors (Lipinski definition) is 0. The van der Waals surface area contributed by atoms with Crippen molar-refractivity contribution in [3.63, 3.8) is 0 Å². The maximum Gasteiger partial charge on any atom is 0.230 e. The topological polar surface area (TPSA) is 75.0 Å². The number of Topliss-reactive ketones (excluding diaryl/α,β-unsaturated/α-hetero) is 3. The zero-order valence-electron chi connectivity index (χ0n) is 7.17. The lowest BCUT2D eigenvalue weighted by molar-refractivity contribution is -0.142. The van der Waals surface area contributed by atoms with Crippen LogP contribution in [-0.4, -0.2) is 17.3 Å². The first kappa shape index (κ1) is 10.5. The first-order valence-corrected chi connectivity index (χ1v) is 3.34. The fourth-order valence-corrected chi connectivity index (χ4v) is 0.980. The molecule has 0 unspecified atom stereocenters. The van der Waals surface area contributed by atoms with E-state index in [0.717, 1.165) is 20.8 Å². The number of carbonyl (C=O) groups excluding carboxylic acids is 3. The summed E-state index contributed by atoms with van der Waals surface area (Å²) in [6.45, 7) is 3.18. The van der Waals surface area contributed by atoms with Crippen molar-refractivity contribution in [3.8, 4) is 6.07 Å². The fraction of sp³-hybridized carbons (Fsp3) is 0.500. The molecule has 0 heterocycles. The molecule has 0 aliphatic carbocycles. The second-order valence-electron chi connectivity index (χ2n) is 2.53. The van der Waals surface area contributed by atoms with E-state index >= 15 is 0 Å². The molecule has 0 radical (unpaired) electrons. The summed E-state index contributed by atoms with van der Waals surface area (Å²) in [5.74, 6) is -2.15. The van der Waals surface area contributed by atoms with Gasteiger partial charge in [0.25, 0.3) is 0 Å².